The average Bonchev–Trinajstić information content (AvgIpc) is 2.90. The van der Waals surface area contributed by atoms with Gasteiger partial charge in [0.1, 0.15) is 11.6 Å². The molecule has 0 spiro atoms. The summed E-state index contributed by atoms with van der Waals surface area (Å²) in [6.07, 6.45) is 2.14. The Hall–Kier alpha value is -1.58. The van der Waals surface area contributed by atoms with Gasteiger partial charge in [-0.3, -0.25) is 0 Å². The van der Waals surface area contributed by atoms with Crippen LogP contribution in [0, 0.1) is 5.82 Å². The number of methoxy groups -OCH3 is 1. The lowest BCUT2D eigenvalue weighted by Crippen LogP contribution is -2.18. The second kappa shape index (κ2) is 6.04. The van der Waals surface area contributed by atoms with E-state index in [2.05, 4.69) is 17.4 Å². The molecule has 0 aromatic heterocycles. The minimum absolute atomic E-state index is 0.169. The molecule has 0 heterocycles. The Balaban J connectivity index is 1.71. The molecule has 1 unspecified atom stereocenters. The van der Waals surface area contributed by atoms with Gasteiger partial charge in [-0.25, -0.2) is 4.39 Å². The van der Waals surface area contributed by atoms with E-state index in [1.807, 2.05) is 6.07 Å². The van der Waals surface area contributed by atoms with Crippen molar-refractivity contribution < 1.29 is 9.13 Å². The lowest BCUT2D eigenvalue weighted by atomic mass is 10.1. The van der Waals surface area contributed by atoms with Crippen LogP contribution in [0.1, 0.15) is 29.2 Å². The van der Waals surface area contributed by atoms with Crippen molar-refractivity contribution in [2.24, 2.45) is 0 Å². The minimum Gasteiger partial charge on any atom is -0.497 e. The molecule has 1 aliphatic rings. The summed E-state index contributed by atoms with van der Waals surface area (Å²) in [4.78, 5) is 0. The number of nitrogens with one attached hydrogen (secondary N) is 1. The minimum atomic E-state index is -0.378. The van der Waals surface area contributed by atoms with E-state index in [0.29, 0.717) is 12.6 Å². The van der Waals surface area contributed by atoms with Gasteiger partial charge in [0.2, 0.25) is 0 Å². The van der Waals surface area contributed by atoms with Crippen LogP contribution in [-0.2, 0) is 13.0 Å². The van der Waals surface area contributed by atoms with E-state index in [0.717, 1.165) is 24.2 Å². The zero-order chi connectivity index (χ0) is 14.8. The summed E-state index contributed by atoms with van der Waals surface area (Å²) in [7, 11) is 1.68. The molecule has 2 aromatic carbocycles. The van der Waals surface area contributed by atoms with Crippen molar-refractivity contribution in [3.05, 3.63) is 63.9 Å². The molecule has 0 saturated carbocycles. The molecule has 1 aliphatic carbocycles. The highest BCUT2D eigenvalue weighted by Crippen LogP contribution is 2.34. The van der Waals surface area contributed by atoms with E-state index in [9.17, 15) is 4.39 Å². The summed E-state index contributed by atoms with van der Waals surface area (Å²) >= 11 is 5.81. The molecule has 110 valence electrons. The molecule has 0 aliphatic heterocycles. The fourth-order valence-electron chi connectivity index (χ4n) is 2.81. The summed E-state index contributed by atoms with van der Waals surface area (Å²) in [5, 5.41) is 3.68. The number of fused-ring (bicyclic) bond motifs is 1. The summed E-state index contributed by atoms with van der Waals surface area (Å²) in [6, 6.07) is 11.4. The molecule has 2 nitrogen and oxygen atoms in total. The normalized spacial score (nSPS) is 16.8. The summed E-state index contributed by atoms with van der Waals surface area (Å²) < 4.78 is 18.4. The Bertz CT molecular complexity index is 659. The number of hydrogen-bond donors (Lipinski definition) is 1. The lowest BCUT2D eigenvalue weighted by Gasteiger charge is -2.15. The van der Waals surface area contributed by atoms with E-state index < -0.39 is 0 Å². The molecule has 0 radical (unpaired) electrons. The van der Waals surface area contributed by atoms with E-state index in [1.165, 1.54) is 17.2 Å². The number of hydrogen-bond acceptors (Lipinski definition) is 2. The first kappa shape index (κ1) is 14.4. The second-order valence-corrected chi connectivity index (χ2v) is 5.69. The molecular formula is C17H17ClFNO. The van der Waals surface area contributed by atoms with E-state index in [1.54, 1.807) is 19.2 Å². The van der Waals surface area contributed by atoms with Crippen LogP contribution in [0.2, 0.25) is 5.02 Å². The molecule has 21 heavy (non-hydrogen) atoms. The van der Waals surface area contributed by atoms with Gasteiger partial charge in [0.25, 0.3) is 0 Å². The Kier molecular flexibility index (Phi) is 4.13. The molecule has 0 fully saturated rings. The van der Waals surface area contributed by atoms with Crippen molar-refractivity contribution in [3.8, 4) is 5.75 Å². The van der Waals surface area contributed by atoms with Crippen LogP contribution in [0.15, 0.2) is 36.4 Å². The van der Waals surface area contributed by atoms with Crippen LogP contribution >= 0.6 is 11.6 Å². The SMILES string of the molecule is COc1ccc2c(c1)C(NCc1ccc(F)c(Cl)c1)CC2. The van der Waals surface area contributed by atoms with Crippen molar-refractivity contribution in [2.75, 3.05) is 7.11 Å². The Labute approximate surface area is 128 Å². The van der Waals surface area contributed by atoms with Crippen LogP contribution < -0.4 is 10.1 Å². The van der Waals surface area contributed by atoms with E-state index in [-0.39, 0.29) is 10.8 Å². The third-order valence-corrected chi connectivity index (χ3v) is 4.26. The monoisotopic (exact) mass is 305 g/mol. The number of aryl methyl sites for hydroxylation is 1. The van der Waals surface area contributed by atoms with Crippen molar-refractivity contribution in [1.82, 2.24) is 5.32 Å². The topological polar surface area (TPSA) is 21.3 Å². The second-order valence-electron chi connectivity index (χ2n) is 5.29. The van der Waals surface area contributed by atoms with Gasteiger partial charge in [0.05, 0.1) is 12.1 Å². The average molecular weight is 306 g/mol. The molecule has 1 atom stereocenters. The highest BCUT2D eigenvalue weighted by atomic mass is 35.5. The largest absolute Gasteiger partial charge is 0.497 e. The van der Waals surface area contributed by atoms with Crippen LogP contribution in [-0.4, -0.2) is 7.11 Å². The molecule has 3 rings (SSSR count). The van der Waals surface area contributed by atoms with Gasteiger partial charge < -0.3 is 10.1 Å². The van der Waals surface area contributed by atoms with Gasteiger partial charge in [0, 0.05) is 12.6 Å². The quantitative estimate of drug-likeness (QED) is 0.911. The number of ether oxygens (including phenoxy) is 1. The highest BCUT2D eigenvalue weighted by molar-refractivity contribution is 6.30. The lowest BCUT2D eigenvalue weighted by molar-refractivity contribution is 0.413. The predicted octanol–water partition coefficient (Wildman–Crippen LogP) is 4.26. The maximum Gasteiger partial charge on any atom is 0.141 e. The summed E-state index contributed by atoms with van der Waals surface area (Å²) in [5.41, 5.74) is 3.64. The van der Waals surface area contributed by atoms with E-state index in [4.69, 9.17) is 16.3 Å². The molecule has 0 amide bonds. The summed E-state index contributed by atoms with van der Waals surface area (Å²) in [5.74, 6) is 0.503. The fraction of sp³-hybridized carbons (Fsp3) is 0.294. The van der Waals surface area contributed by atoms with Crippen LogP contribution in [0.4, 0.5) is 4.39 Å². The number of halogens is 2. The van der Waals surface area contributed by atoms with Crippen LogP contribution in [0.3, 0.4) is 0 Å². The first-order valence-corrected chi connectivity index (χ1v) is 7.39. The van der Waals surface area contributed by atoms with Crippen molar-refractivity contribution in [2.45, 2.75) is 25.4 Å². The molecule has 4 heteroatoms. The zero-order valence-corrected chi connectivity index (χ0v) is 12.6. The van der Waals surface area contributed by atoms with Gasteiger partial charge >= 0.3 is 0 Å². The Morgan fingerprint density at radius 3 is 2.90 bits per heavy atom. The number of benzene rings is 2. The van der Waals surface area contributed by atoms with Gasteiger partial charge in [-0.1, -0.05) is 23.7 Å². The Morgan fingerprint density at radius 1 is 1.29 bits per heavy atom. The molecular weight excluding hydrogens is 289 g/mol. The third kappa shape index (κ3) is 3.04. The molecule has 0 bridgehead atoms. The maximum atomic E-state index is 13.2. The molecule has 2 aromatic rings. The standard InChI is InChI=1S/C17H17ClFNO/c1-21-13-5-3-12-4-7-17(14(12)9-13)20-10-11-2-6-16(19)15(18)8-11/h2-3,5-6,8-9,17,20H,4,7,10H2,1H3. The van der Waals surface area contributed by atoms with Crippen LogP contribution in [0.25, 0.3) is 0 Å². The fourth-order valence-corrected chi connectivity index (χ4v) is 3.01. The predicted molar refractivity (Wildman–Crippen MR) is 82.3 cm³/mol. The maximum absolute atomic E-state index is 13.2. The number of rotatable bonds is 4. The molecule has 0 saturated heterocycles. The van der Waals surface area contributed by atoms with Crippen LogP contribution in [0.5, 0.6) is 5.75 Å². The van der Waals surface area contributed by atoms with Gasteiger partial charge in [-0.15, -0.1) is 0 Å². The highest BCUT2D eigenvalue weighted by Gasteiger charge is 2.22. The smallest absolute Gasteiger partial charge is 0.141 e. The van der Waals surface area contributed by atoms with Gasteiger partial charge in [-0.05, 0) is 53.8 Å². The zero-order valence-electron chi connectivity index (χ0n) is 11.8. The first-order valence-electron chi connectivity index (χ1n) is 7.01. The molecule has 1 N–H and O–H groups in total. The van der Waals surface area contributed by atoms with Crippen molar-refractivity contribution in [3.63, 3.8) is 0 Å². The van der Waals surface area contributed by atoms with Gasteiger partial charge in [0.15, 0.2) is 0 Å². The van der Waals surface area contributed by atoms with Crippen molar-refractivity contribution >= 4 is 11.6 Å². The first-order chi connectivity index (χ1) is 10.2. The van der Waals surface area contributed by atoms with Gasteiger partial charge in [-0.2, -0.15) is 0 Å². The van der Waals surface area contributed by atoms with Crippen molar-refractivity contribution in [1.29, 1.82) is 0 Å². The third-order valence-electron chi connectivity index (χ3n) is 3.97. The van der Waals surface area contributed by atoms with E-state index >= 15 is 0 Å². The Morgan fingerprint density at radius 2 is 2.14 bits per heavy atom. The summed E-state index contributed by atoms with van der Waals surface area (Å²) in [6.45, 7) is 0.668.